The van der Waals surface area contributed by atoms with Gasteiger partial charge >= 0.3 is 5.97 Å². The van der Waals surface area contributed by atoms with Crippen LogP contribution < -0.4 is 10.6 Å². The van der Waals surface area contributed by atoms with Crippen LogP contribution in [-0.2, 0) is 14.3 Å². The lowest BCUT2D eigenvalue weighted by Gasteiger charge is -2.29. The maximum Gasteiger partial charge on any atom is 0.311 e. The van der Waals surface area contributed by atoms with Crippen LogP contribution in [0.2, 0.25) is 0 Å². The molecule has 0 saturated carbocycles. The van der Waals surface area contributed by atoms with Crippen LogP contribution in [0.15, 0.2) is 42.6 Å². The van der Waals surface area contributed by atoms with E-state index >= 15 is 0 Å². The van der Waals surface area contributed by atoms with Gasteiger partial charge in [0.15, 0.2) is 0 Å². The van der Waals surface area contributed by atoms with E-state index in [9.17, 15) is 9.59 Å². The third kappa shape index (κ3) is 4.45. The zero-order valence-corrected chi connectivity index (χ0v) is 14.6. The number of hydrogen-bond donors (Lipinski definition) is 1. The second kappa shape index (κ2) is 7.62. The minimum Gasteiger partial charge on any atom is -0.460 e. The summed E-state index contributed by atoms with van der Waals surface area (Å²) in [4.78, 5) is 27.1. The van der Waals surface area contributed by atoms with Gasteiger partial charge in [-0.3, -0.25) is 14.5 Å². The first-order valence-corrected chi connectivity index (χ1v) is 8.31. The van der Waals surface area contributed by atoms with Crippen LogP contribution in [0, 0.1) is 11.8 Å². The summed E-state index contributed by atoms with van der Waals surface area (Å²) in [6.45, 7) is 5.52. The van der Waals surface area contributed by atoms with Gasteiger partial charge in [0.05, 0.1) is 11.8 Å². The summed E-state index contributed by atoms with van der Waals surface area (Å²) < 4.78 is 5.46. The number of anilines is 1. The van der Waals surface area contributed by atoms with Crippen LogP contribution in [0.1, 0.15) is 33.6 Å². The molecular weight excluding hydrogens is 304 g/mol. The maximum absolute atomic E-state index is 13.0. The van der Waals surface area contributed by atoms with Gasteiger partial charge in [0.2, 0.25) is 5.91 Å². The zero-order chi connectivity index (χ0) is 17.7. The molecule has 1 aliphatic heterocycles. The topological polar surface area (TPSA) is 72.6 Å². The Hall–Kier alpha value is -2.14. The first-order valence-electron chi connectivity index (χ1n) is 8.31. The van der Waals surface area contributed by atoms with E-state index < -0.39 is 23.4 Å². The molecule has 2 N–H and O–H groups in total. The Morgan fingerprint density at radius 2 is 2.00 bits per heavy atom. The van der Waals surface area contributed by atoms with Gasteiger partial charge in [0, 0.05) is 18.4 Å². The second-order valence-corrected chi connectivity index (χ2v) is 6.99. The van der Waals surface area contributed by atoms with E-state index in [2.05, 4.69) is 0 Å². The van der Waals surface area contributed by atoms with Crippen LogP contribution in [-0.4, -0.2) is 24.0 Å². The summed E-state index contributed by atoms with van der Waals surface area (Å²) in [7, 11) is 0. The lowest BCUT2D eigenvalue weighted by molar-refractivity contribution is -0.163. The fourth-order valence-electron chi connectivity index (χ4n) is 2.81. The summed E-state index contributed by atoms with van der Waals surface area (Å²) in [5, 5.41) is 0. The van der Waals surface area contributed by atoms with E-state index in [1.54, 1.807) is 11.1 Å². The Labute approximate surface area is 143 Å². The maximum atomic E-state index is 13.0. The Kier molecular flexibility index (Phi) is 5.78. The molecule has 5 nitrogen and oxygen atoms in total. The quantitative estimate of drug-likeness (QED) is 0.862. The number of esters is 1. The van der Waals surface area contributed by atoms with Crippen molar-refractivity contribution >= 4 is 17.6 Å². The van der Waals surface area contributed by atoms with Crippen molar-refractivity contribution in [3.8, 4) is 0 Å². The average Bonchev–Trinajstić information content (AvgIpc) is 2.70. The molecule has 0 bridgehead atoms. The molecule has 0 spiro atoms. The van der Waals surface area contributed by atoms with Gasteiger partial charge in [-0.05, 0) is 45.7 Å². The van der Waals surface area contributed by atoms with E-state index in [1.807, 2.05) is 57.2 Å². The SMILES string of the molecule is CC(C)(C)OC(=O)C(CN)C1CCC=CN(c2ccccc2)C1=O. The van der Waals surface area contributed by atoms with Crippen molar-refractivity contribution in [2.24, 2.45) is 17.6 Å². The molecule has 2 rings (SSSR count). The summed E-state index contributed by atoms with van der Waals surface area (Å²) in [5.41, 5.74) is 6.01. The Balaban J connectivity index is 2.25. The average molecular weight is 330 g/mol. The highest BCUT2D eigenvalue weighted by Crippen LogP contribution is 2.29. The molecule has 2 atom stereocenters. The van der Waals surface area contributed by atoms with Crippen molar-refractivity contribution in [1.82, 2.24) is 0 Å². The van der Waals surface area contributed by atoms with Crippen LogP contribution >= 0.6 is 0 Å². The highest BCUT2D eigenvalue weighted by Gasteiger charge is 2.38. The first-order chi connectivity index (χ1) is 11.3. The predicted octanol–water partition coefficient (Wildman–Crippen LogP) is 2.86. The molecule has 0 fully saturated rings. The van der Waals surface area contributed by atoms with Crippen molar-refractivity contribution in [2.75, 3.05) is 11.4 Å². The number of para-hydroxylation sites is 1. The van der Waals surface area contributed by atoms with Crippen LogP contribution in [0.4, 0.5) is 5.69 Å². The Morgan fingerprint density at radius 1 is 1.33 bits per heavy atom. The molecule has 24 heavy (non-hydrogen) atoms. The van der Waals surface area contributed by atoms with Gasteiger partial charge in [0.1, 0.15) is 5.60 Å². The molecule has 0 radical (unpaired) electrons. The number of hydrogen-bond acceptors (Lipinski definition) is 4. The van der Waals surface area contributed by atoms with E-state index in [-0.39, 0.29) is 12.5 Å². The highest BCUT2D eigenvalue weighted by atomic mass is 16.6. The van der Waals surface area contributed by atoms with Crippen molar-refractivity contribution in [2.45, 2.75) is 39.2 Å². The molecule has 5 heteroatoms. The number of amides is 1. The first kappa shape index (κ1) is 18.2. The minimum absolute atomic E-state index is 0.0912. The van der Waals surface area contributed by atoms with Crippen molar-refractivity contribution in [3.05, 3.63) is 42.6 Å². The monoisotopic (exact) mass is 330 g/mol. The number of allylic oxidation sites excluding steroid dienone is 1. The molecule has 2 unspecified atom stereocenters. The fourth-order valence-corrected chi connectivity index (χ4v) is 2.81. The van der Waals surface area contributed by atoms with Gasteiger partial charge in [-0.15, -0.1) is 0 Å². The molecule has 1 heterocycles. The Morgan fingerprint density at radius 3 is 2.58 bits per heavy atom. The largest absolute Gasteiger partial charge is 0.460 e. The molecule has 0 aromatic heterocycles. The van der Waals surface area contributed by atoms with Gasteiger partial charge < -0.3 is 10.5 Å². The summed E-state index contributed by atoms with van der Waals surface area (Å²) in [6, 6.07) is 9.40. The number of rotatable bonds is 4. The van der Waals surface area contributed by atoms with E-state index in [0.717, 1.165) is 12.1 Å². The molecule has 130 valence electrons. The van der Waals surface area contributed by atoms with Crippen LogP contribution in [0.3, 0.4) is 0 Å². The van der Waals surface area contributed by atoms with Gasteiger partial charge in [-0.25, -0.2) is 0 Å². The van der Waals surface area contributed by atoms with Gasteiger partial charge in [0.25, 0.3) is 0 Å². The fraction of sp³-hybridized carbons (Fsp3) is 0.474. The minimum atomic E-state index is -0.636. The van der Waals surface area contributed by atoms with Crippen LogP contribution in [0.5, 0.6) is 0 Å². The number of carbonyl (C=O) groups is 2. The van der Waals surface area contributed by atoms with E-state index in [1.165, 1.54) is 0 Å². The molecule has 1 amide bonds. The van der Waals surface area contributed by atoms with Crippen LogP contribution in [0.25, 0.3) is 0 Å². The normalized spacial score (nSPS) is 19.8. The second-order valence-electron chi connectivity index (χ2n) is 6.99. The lowest BCUT2D eigenvalue weighted by atomic mass is 9.87. The molecule has 0 saturated heterocycles. The van der Waals surface area contributed by atoms with E-state index in [0.29, 0.717) is 6.42 Å². The van der Waals surface area contributed by atoms with Gasteiger partial charge in [-0.2, -0.15) is 0 Å². The molecular formula is C19H26N2O3. The third-order valence-corrected chi connectivity index (χ3v) is 3.94. The number of nitrogens with zero attached hydrogens (tertiary/aromatic N) is 1. The zero-order valence-electron chi connectivity index (χ0n) is 14.6. The van der Waals surface area contributed by atoms with Gasteiger partial charge in [-0.1, -0.05) is 24.3 Å². The summed E-state index contributed by atoms with van der Waals surface area (Å²) >= 11 is 0. The smallest absolute Gasteiger partial charge is 0.311 e. The Bertz CT molecular complexity index is 605. The molecule has 1 aromatic rings. The number of benzene rings is 1. The predicted molar refractivity (Wildman–Crippen MR) is 94.2 cm³/mol. The lowest BCUT2D eigenvalue weighted by Crippen LogP contribution is -2.43. The molecule has 1 aliphatic rings. The van der Waals surface area contributed by atoms with E-state index in [4.69, 9.17) is 10.5 Å². The number of ether oxygens (including phenoxy) is 1. The molecule has 1 aromatic carbocycles. The number of nitrogens with two attached hydrogens (primary N) is 1. The summed E-state index contributed by atoms with van der Waals surface area (Å²) in [6.07, 6.45) is 5.03. The highest BCUT2D eigenvalue weighted by molar-refractivity contribution is 5.99. The standard InChI is InChI=1S/C19H26N2O3/c1-19(2,3)24-18(23)16(13-20)15-11-7-8-12-21(17(15)22)14-9-5-4-6-10-14/h4-6,8-10,12,15-16H,7,11,13,20H2,1-3H3. The number of carbonyl (C=O) groups excluding carboxylic acids is 2. The van der Waals surface area contributed by atoms with Crippen molar-refractivity contribution < 1.29 is 14.3 Å². The molecule has 0 aliphatic carbocycles. The summed E-state index contributed by atoms with van der Waals surface area (Å²) in [5.74, 6) is -1.64. The van der Waals surface area contributed by atoms with Crippen molar-refractivity contribution in [1.29, 1.82) is 0 Å². The van der Waals surface area contributed by atoms with Crippen molar-refractivity contribution in [3.63, 3.8) is 0 Å². The third-order valence-electron chi connectivity index (χ3n) is 3.94.